The van der Waals surface area contributed by atoms with Crippen molar-refractivity contribution in [2.45, 2.75) is 18.3 Å². The lowest BCUT2D eigenvalue weighted by molar-refractivity contribution is -0.325. The Morgan fingerprint density at radius 1 is 0.842 bits per heavy atom. The van der Waals surface area contributed by atoms with Crippen molar-refractivity contribution < 1.29 is 48.4 Å². The molecule has 0 aliphatic heterocycles. The third-order valence-electron chi connectivity index (χ3n) is 1.45. The second-order valence-corrected chi connectivity index (χ2v) is 4.59. The highest BCUT2D eigenvalue weighted by Crippen LogP contribution is 2.24. The van der Waals surface area contributed by atoms with Gasteiger partial charge in [0.05, 0.1) is 19.8 Å². The van der Waals surface area contributed by atoms with Gasteiger partial charge in [0, 0.05) is 6.61 Å². The fourth-order valence-corrected chi connectivity index (χ4v) is 1.14. The number of alkyl halides is 6. The zero-order valence-electron chi connectivity index (χ0n) is 9.25. The van der Waals surface area contributed by atoms with E-state index >= 15 is 0 Å². The van der Waals surface area contributed by atoms with Gasteiger partial charge in [-0.15, -0.1) is 13.2 Å². The van der Waals surface area contributed by atoms with Crippen LogP contribution in [0.2, 0.25) is 0 Å². The van der Waals surface area contributed by atoms with E-state index in [2.05, 4.69) is 13.7 Å². The summed E-state index contributed by atoms with van der Waals surface area (Å²) in [5.41, 5.74) is -5.52. The summed E-state index contributed by atoms with van der Waals surface area (Å²) < 4.78 is 102. The predicted molar refractivity (Wildman–Crippen MR) is 48.4 cm³/mol. The zero-order valence-corrected chi connectivity index (χ0v) is 10.1. The molecule has 12 heteroatoms. The quantitative estimate of drug-likeness (QED) is 0.295. The minimum atomic E-state index is -5.67. The number of hydrogen-bond donors (Lipinski definition) is 0. The molecule has 0 spiro atoms. The topological polar surface area (TPSA) is 61.8 Å². The second-order valence-electron chi connectivity index (χ2n) is 2.98. The van der Waals surface area contributed by atoms with Gasteiger partial charge in [-0.1, -0.05) is 0 Å². The van der Waals surface area contributed by atoms with Crippen LogP contribution in [0.5, 0.6) is 0 Å². The van der Waals surface area contributed by atoms with E-state index in [4.69, 9.17) is 0 Å². The summed E-state index contributed by atoms with van der Waals surface area (Å²) in [6.45, 7) is -2.32. The molecule has 116 valence electrons. The SMILES string of the molecule is O=S(=O)(OCCOCCCOC(F)(F)F)C(F)(F)F. The van der Waals surface area contributed by atoms with Crippen molar-refractivity contribution in [3.63, 3.8) is 0 Å². The first kappa shape index (κ1) is 18.4. The van der Waals surface area contributed by atoms with Crippen LogP contribution in [-0.2, 0) is 23.8 Å². The van der Waals surface area contributed by atoms with Crippen molar-refractivity contribution in [2.24, 2.45) is 0 Å². The maximum Gasteiger partial charge on any atom is 0.523 e. The van der Waals surface area contributed by atoms with Crippen LogP contribution in [0.25, 0.3) is 0 Å². The molecular weight excluding hydrogens is 310 g/mol. The molecule has 0 atom stereocenters. The smallest absolute Gasteiger partial charge is 0.379 e. The van der Waals surface area contributed by atoms with E-state index in [-0.39, 0.29) is 13.0 Å². The Kier molecular flexibility index (Phi) is 7.04. The fourth-order valence-electron chi connectivity index (χ4n) is 0.720. The first-order chi connectivity index (χ1) is 8.46. The van der Waals surface area contributed by atoms with Gasteiger partial charge >= 0.3 is 22.0 Å². The highest BCUT2D eigenvalue weighted by Gasteiger charge is 2.47. The van der Waals surface area contributed by atoms with E-state index in [0.717, 1.165) is 0 Å². The third-order valence-corrected chi connectivity index (χ3v) is 2.49. The van der Waals surface area contributed by atoms with Crippen LogP contribution in [-0.4, -0.2) is 46.7 Å². The summed E-state index contributed by atoms with van der Waals surface area (Å²) in [4.78, 5) is 0. The fraction of sp³-hybridized carbons (Fsp3) is 1.00. The van der Waals surface area contributed by atoms with Gasteiger partial charge in [0.25, 0.3) is 0 Å². The average molecular weight is 320 g/mol. The largest absolute Gasteiger partial charge is 0.523 e. The van der Waals surface area contributed by atoms with Crippen molar-refractivity contribution >= 4 is 10.1 Å². The van der Waals surface area contributed by atoms with Crippen molar-refractivity contribution in [1.82, 2.24) is 0 Å². The Hall–Kier alpha value is -0.590. The Labute approximate surface area is 104 Å². The molecular formula is C7H10F6O5S. The van der Waals surface area contributed by atoms with Gasteiger partial charge in [0.2, 0.25) is 0 Å². The number of rotatable bonds is 8. The van der Waals surface area contributed by atoms with Crippen LogP contribution in [0.3, 0.4) is 0 Å². The number of halogens is 6. The normalized spacial score (nSPS) is 13.8. The summed E-state index contributed by atoms with van der Waals surface area (Å²) in [5, 5.41) is 0. The molecule has 0 saturated heterocycles. The molecule has 0 aliphatic rings. The summed E-state index contributed by atoms with van der Waals surface area (Å²) in [5.74, 6) is 0. The number of ether oxygens (including phenoxy) is 2. The highest BCUT2D eigenvalue weighted by molar-refractivity contribution is 7.87. The van der Waals surface area contributed by atoms with E-state index in [9.17, 15) is 34.8 Å². The summed E-state index contributed by atoms with van der Waals surface area (Å²) in [6.07, 6.45) is -4.92. The lowest BCUT2D eigenvalue weighted by atomic mass is 10.5. The Morgan fingerprint density at radius 3 is 1.89 bits per heavy atom. The van der Waals surface area contributed by atoms with Crippen LogP contribution in [0.4, 0.5) is 26.3 Å². The van der Waals surface area contributed by atoms with Gasteiger partial charge in [0.1, 0.15) is 0 Å². The summed E-state index contributed by atoms with van der Waals surface area (Å²) >= 11 is 0. The van der Waals surface area contributed by atoms with Gasteiger partial charge in [-0.2, -0.15) is 21.6 Å². The molecule has 0 amide bonds. The number of hydrogen-bond acceptors (Lipinski definition) is 5. The van der Waals surface area contributed by atoms with E-state index in [1.807, 2.05) is 0 Å². The summed E-state index contributed by atoms with van der Waals surface area (Å²) in [6, 6.07) is 0. The van der Waals surface area contributed by atoms with Crippen molar-refractivity contribution in [1.29, 1.82) is 0 Å². The summed E-state index contributed by atoms with van der Waals surface area (Å²) in [7, 11) is -5.67. The Morgan fingerprint density at radius 2 is 1.42 bits per heavy atom. The highest BCUT2D eigenvalue weighted by atomic mass is 32.2. The van der Waals surface area contributed by atoms with Crippen molar-refractivity contribution in [3.05, 3.63) is 0 Å². The Bertz CT molecular complexity index is 348. The average Bonchev–Trinajstić information content (AvgIpc) is 2.18. The molecule has 0 rings (SSSR count). The third kappa shape index (κ3) is 9.02. The molecule has 0 unspecified atom stereocenters. The lowest BCUT2D eigenvalue weighted by Gasteiger charge is -2.09. The van der Waals surface area contributed by atoms with E-state index in [1.165, 1.54) is 0 Å². The molecule has 0 saturated carbocycles. The van der Waals surface area contributed by atoms with Crippen LogP contribution >= 0.6 is 0 Å². The molecule has 0 aromatic heterocycles. The first-order valence-electron chi connectivity index (χ1n) is 4.70. The molecule has 0 aliphatic carbocycles. The van der Waals surface area contributed by atoms with Crippen molar-refractivity contribution in [2.75, 3.05) is 26.4 Å². The zero-order chi connectivity index (χ0) is 15.2. The van der Waals surface area contributed by atoms with Crippen LogP contribution in [0.1, 0.15) is 6.42 Å². The molecule has 0 radical (unpaired) electrons. The lowest BCUT2D eigenvalue weighted by Crippen LogP contribution is -2.26. The van der Waals surface area contributed by atoms with Gasteiger partial charge in [0.15, 0.2) is 0 Å². The van der Waals surface area contributed by atoms with Gasteiger partial charge in [-0.25, -0.2) is 0 Å². The molecule has 0 N–H and O–H groups in total. The van der Waals surface area contributed by atoms with Crippen LogP contribution in [0, 0.1) is 0 Å². The van der Waals surface area contributed by atoms with E-state index in [1.54, 1.807) is 0 Å². The molecule has 0 heterocycles. The predicted octanol–water partition coefficient (Wildman–Crippen LogP) is 1.80. The minimum Gasteiger partial charge on any atom is -0.379 e. The first-order valence-corrected chi connectivity index (χ1v) is 6.11. The molecule has 0 fully saturated rings. The van der Waals surface area contributed by atoms with E-state index < -0.39 is 41.8 Å². The maximum atomic E-state index is 11.7. The standard InChI is InChI=1S/C7H10F6O5S/c8-6(9,10)17-3-1-2-16-4-5-18-19(14,15)7(11,12)13/h1-5H2. The Balaban J connectivity index is 3.58. The van der Waals surface area contributed by atoms with Crippen molar-refractivity contribution in [3.8, 4) is 0 Å². The van der Waals surface area contributed by atoms with Gasteiger partial charge in [-0.05, 0) is 6.42 Å². The molecule has 5 nitrogen and oxygen atoms in total. The monoisotopic (exact) mass is 320 g/mol. The molecule has 19 heavy (non-hydrogen) atoms. The van der Waals surface area contributed by atoms with Gasteiger partial charge in [-0.3, -0.25) is 8.92 Å². The molecule has 0 aromatic rings. The second kappa shape index (κ2) is 7.26. The van der Waals surface area contributed by atoms with E-state index in [0.29, 0.717) is 0 Å². The minimum absolute atomic E-state index is 0.161. The maximum absolute atomic E-state index is 11.7. The molecule has 0 aromatic carbocycles. The van der Waals surface area contributed by atoms with Crippen LogP contribution in [0.15, 0.2) is 0 Å². The van der Waals surface area contributed by atoms with Gasteiger partial charge < -0.3 is 4.74 Å². The molecule has 0 bridgehead atoms. The van der Waals surface area contributed by atoms with Crippen LogP contribution < -0.4 is 0 Å².